The van der Waals surface area contributed by atoms with E-state index in [0.717, 1.165) is 6.42 Å². The van der Waals surface area contributed by atoms with Gasteiger partial charge in [0.1, 0.15) is 0 Å². The lowest BCUT2D eigenvalue weighted by Crippen LogP contribution is -1.92. The fraction of sp³-hybridized carbons (Fsp3) is 0.312. The largest absolute Gasteiger partial charge is 0.198 e. The molecule has 84 valence electrons. The summed E-state index contributed by atoms with van der Waals surface area (Å²) in [7, 11) is 0. The van der Waals surface area contributed by atoms with E-state index in [1.807, 2.05) is 0 Å². The van der Waals surface area contributed by atoms with Gasteiger partial charge in [-0.3, -0.25) is 0 Å². The maximum atomic E-state index is 9.10. The summed E-state index contributed by atoms with van der Waals surface area (Å²) in [5.74, 6) is 0.429. The van der Waals surface area contributed by atoms with Crippen molar-refractivity contribution in [2.45, 2.75) is 26.2 Å². The monoisotopic (exact) mass is 221 g/mol. The van der Waals surface area contributed by atoms with Crippen LogP contribution in [0.15, 0.2) is 36.4 Å². The van der Waals surface area contributed by atoms with Crippen molar-refractivity contribution < 1.29 is 0 Å². The van der Waals surface area contributed by atoms with Crippen LogP contribution in [0.5, 0.6) is 0 Å². The van der Waals surface area contributed by atoms with Crippen molar-refractivity contribution >= 4 is 10.8 Å². The summed E-state index contributed by atoms with van der Waals surface area (Å²) >= 11 is 0. The van der Waals surface area contributed by atoms with Gasteiger partial charge in [0, 0.05) is 5.92 Å². The van der Waals surface area contributed by atoms with Gasteiger partial charge < -0.3 is 0 Å². The van der Waals surface area contributed by atoms with Crippen molar-refractivity contribution in [2.75, 3.05) is 0 Å². The number of benzene rings is 2. The number of fused-ring (bicyclic) bond motifs is 1. The Morgan fingerprint density at radius 3 is 2.59 bits per heavy atom. The normalized spacial score (nSPS) is 26.8. The summed E-state index contributed by atoms with van der Waals surface area (Å²) in [6.07, 6.45) is 1.00. The van der Waals surface area contributed by atoms with Gasteiger partial charge in [0.25, 0.3) is 0 Å². The molecule has 1 fully saturated rings. The summed E-state index contributed by atoms with van der Waals surface area (Å²) in [6, 6.07) is 15.5. The summed E-state index contributed by atoms with van der Waals surface area (Å²) in [5, 5.41) is 11.7. The molecule has 0 N–H and O–H groups in total. The molecule has 3 rings (SSSR count). The van der Waals surface area contributed by atoms with Gasteiger partial charge in [0.2, 0.25) is 0 Å². The lowest BCUT2D eigenvalue weighted by Gasteiger charge is -2.05. The van der Waals surface area contributed by atoms with Crippen LogP contribution >= 0.6 is 0 Å². The quantitative estimate of drug-likeness (QED) is 0.709. The predicted octanol–water partition coefficient (Wildman–Crippen LogP) is 4.17. The molecule has 2 aromatic rings. The molecule has 0 heterocycles. The van der Waals surface area contributed by atoms with Crippen LogP contribution in [0.1, 0.15) is 30.4 Å². The molecule has 1 heteroatoms. The maximum absolute atomic E-state index is 9.10. The SMILES string of the molecule is Cc1ccc2cc(C3CC3(C)C#N)ccc2c1. The van der Waals surface area contributed by atoms with Gasteiger partial charge in [0.15, 0.2) is 0 Å². The van der Waals surface area contributed by atoms with E-state index in [1.165, 1.54) is 21.9 Å². The lowest BCUT2D eigenvalue weighted by atomic mass is 9.99. The fourth-order valence-electron chi connectivity index (χ4n) is 2.57. The zero-order valence-electron chi connectivity index (χ0n) is 10.2. The highest BCUT2D eigenvalue weighted by Crippen LogP contribution is 2.58. The molecule has 2 atom stereocenters. The van der Waals surface area contributed by atoms with Gasteiger partial charge >= 0.3 is 0 Å². The molecule has 1 nitrogen and oxygen atoms in total. The van der Waals surface area contributed by atoms with Crippen molar-refractivity contribution in [3.8, 4) is 6.07 Å². The second-order valence-corrected chi connectivity index (χ2v) is 5.40. The summed E-state index contributed by atoms with van der Waals surface area (Å²) in [6.45, 7) is 4.16. The number of nitriles is 1. The molecule has 2 unspecified atom stereocenters. The van der Waals surface area contributed by atoms with Gasteiger partial charge in [-0.1, -0.05) is 42.0 Å². The van der Waals surface area contributed by atoms with Gasteiger partial charge in [-0.05, 0) is 36.6 Å². The van der Waals surface area contributed by atoms with Crippen LogP contribution in [0.4, 0.5) is 0 Å². The molecule has 17 heavy (non-hydrogen) atoms. The zero-order valence-corrected chi connectivity index (χ0v) is 10.2. The van der Waals surface area contributed by atoms with E-state index in [0.29, 0.717) is 5.92 Å². The van der Waals surface area contributed by atoms with Crippen molar-refractivity contribution in [2.24, 2.45) is 5.41 Å². The molecule has 0 aliphatic heterocycles. The Morgan fingerprint density at radius 1 is 1.18 bits per heavy atom. The smallest absolute Gasteiger partial charge is 0.0693 e. The molecular formula is C16H15N. The van der Waals surface area contributed by atoms with E-state index < -0.39 is 0 Å². The standard InChI is InChI=1S/C16H15N/c1-11-3-4-13-8-14(6-5-12(13)7-11)15-9-16(15,2)10-17/h3-8,15H,9H2,1-2H3. The molecule has 0 radical (unpaired) electrons. The third-order valence-corrected chi connectivity index (χ3v) is 3.91. The highest BCUT2D eigenvalue weighted by molar-refractivity contribution is 5.84. The first-order chi connectivity index (χ1) is 8.12. The minimum absolute atomic E-state index is 0.127. The van der Waals surface area contributed by atoms with E-state index in [-0.39, 0.29) is 5.41 Å². The highest BCUT2D eigenvalue weighted by atomic mass is 14.5. The van der Waals surface area contributed by atoms with Crippen LogP contribution in [0, 0.1) is 23.7 Å². The topological polar surface area (TPSA) is 23.8 Å². The van der Waals surface area contributed by atoms with Crippen LogP contribution in [0.2, 0.25) is 0 Å². The number of hydrogen-bond acceptors (Lipinski definition) is 1. The van der Waals surface area contributed by atoms with Crippen molar-refractivity contribution in [1.82, 2.24) is 0 Å². The van der Waals surface area contributed by atoms with E-state index >= 15 is 0 Å². The molecule has 0 bridgehead atoms. The van der Waals surface area contributed by atoms with Crippen molar-refractivity contribution in [1.29, 1.82) is 5.26 Å². The minimum atomic E-state index is -0.127. The Morgan fingerprint density at radius 2 is 1.88 bits per heavy atom. The Hall–Kier alpha value is -1.81. The first kappa shape index (κ1) is 10.4. The van der Waals surface area contributed by atoms with Crippen LogP contribution in [0.3, 0.4) is 0 Å². The second-order valence-electron chi connectivity index (χ2n) is 5.40. The molecular weight excluding hydrogens is 206 g/mol. The molecule has 0 amide bonds. The summed E-state index contributed by atoms with van der Waals surface area (Å²) < 4.78 is 0. The van der Waals surface area contributed by atoms with Gasteiger partial charge in [-0.2, -0.15) is 5.26 Å². The van der Waals surface area contributed by atoms with Crippen LogP contribution in [-0.2, 0) is 0 Å². The zero-order chi connectivity index (χ0) is 12.0. The van der Waals surface area contributed by atoms with Crippen LogP contribution in [0.25, 0.3) is 10.8 Å². The molecule has 1 aliphatic rings. The Labute approximate surface area is 102 Å². The third-order valence-electron chi connectivity index (χ3n) is 3.91. The molecule has 1 aliphatic carbocycles. The van der Waals surface area contributed by atoms with E-state index in [2.05, 4.69) is 56.3 Å². The Balaban J connectivity index is 2.05. The molecule has 0 aromatic heterocycles. The maximum Gasteiger partial charge on any atom is 0.0693 e. The minimum Gasteiger partial charge on any atom is -0.198 e. The molecule has 2 aromatic carbocycles. The molecule has 0 spiro atoms. The number of aryl methyl sites for hydroxylation is 1. The average Bonchev–Trinajstić information content (AvgIpc) is 3.02. The highest BCUT2D eigenvalue weighted by Gasteiger charge is 2.51. The summed E-state index contributed by atoms with van der Waals surface area (Å²) in [5.41, 5.74) is 2.47. The first-order valence-electron chi connectivity index (χ1n) is 6.04. The lowest BCUT2D eigenvalue weighted by molar-refractivity contribution is 0.728. The molecule has 1 saturated carbocycles. The van der Waals surface area contributed by atoms with E-state index in [4.69, 9.17) is 5.26 Å². The third kappa shape index (κ3) is 1.61. The van der Waals surface area contributed by atoms with Crippen molar-refractivity contribution in [3.63, 3.8) is 0 Å². The van der Waals surface area contributed by atoms with E-state index in [1.54, 1.807) is 0 Å². The van der Waals surface area contributed by atoms with E-state index in [9.17, 15) is 0 Å². The van der Waals surface area contributed by atoms with Crippen LogP contribution in [-0.4, -0.2) is 0 Å². The van der Waals surface area contributed by atoms with Gasteiger partial charge in [-0.15, -0.1) is 0 Å². The number of nitrogens with zero attached hydrogens (tertiary/aromatic N) is 1. The average molecular weight is 221 g/mol. The van der Waals surface area contributed by atoms with Crippen LogP contribution < -0.4 is 0 Å². The van der Waals surface area contributed by atoms with Gasteiger partial charge in [-0.25, -0.2) is 0 Å². The second kappa shape index (κ2) is 3.34. The Kier molecular flexibility index (Phi) is 2.03. The number of rotatable bonds is 1. The predicted molar refractivity (Wildman–Crippen MR) is 69.8 cm³/mol. The Bertz CT molecular complexity index is 636. The fourth-order valence-corrected chi connectivity index (χ4v) is 2.57. The van der Waals surface area contributed by atoms with Gasteiger partial charge in [0.05, 0.1) is 11.5 Å². The number of hydrogen-bond donors (Lipinski definition) is 0. The van der Waals surface area contributed by atoms with Crippen molar-refractivity contribution in [3.05, 3.63) is 47.5 Å². The summed E-state index contributed by atoms with van der Waals surface area (Å²) in [4.78, 5) is 0. The first-order valence-corrected chi connectivity index (χ1v) is 6.04. The molecule has 0 saturated heterocycles.